The first-order valence-electron chi connectivity index (χ1n) is 10.5. The molecule has 0 aromatic heterocycles. The highest BCUT2D eigenvalue weighted by molar-refractivity contribution is 5.85. The molecule has 0 heterocycles. The number of nitrogens with one attached hydrogen (secondary N) is 1. The van der Waals surface area contributed by atoms with E-state index in [0.29, 0.717) is 23.8 Å². The van der Waals surface area contributed by atoms with Crippen molar-refractivity contribution in [1.29, 1.82) is 0 Å². The Morgan fingerprint density at radius 1 is 1.18 bits per heavy atom. The molecular weight excluding hydrogens is 448 g/mol. The number of carbonyl (C=O) groups is 2. The van der Waals surface area contributed by atoms with Gasteiger partial charge in [0.2, 0.25) is 0 Å². The molecule has 0 fully saturated rings. The third-order valence-electron chi connectivity index (χ3n) is 4.59. The summed E-state index contributed by atoms with van der Waals surface area (Å²) >= 11 is 0. The molecule has 0 saturated heterocycles. The summed E-state index contributed by atoms with van der Waals surface area (Å²) in [6.45, 7) is 5.37. The fourth-order valence-electron chi connectivity index (χ4n) is 2.97. The van der Waals surface area contributed by atoms with Gasteiger partial charge < -0.3 is 19.3 Å². The Morgan fingerprint density at radius 3 is 2.56 bits per heavy atom. The molecule has 0 unspecified atom stereocenters. The van der Waals surface area contributed by atoms with Crippen molar-refractivity contribution < 1.29 is 37.7 Å². The number of carbonyl (C=O) groups excluding carboxylic acids is 2. The van der Waals surface area contributed by atoms with Crippen LogP contribution in [0.4, 0.5) is 19.3 Å². The number of allylic oxidation sites excluding steroid dienone is 1. The van der Waals surface area contributed by atoms with Crippen LogP contribution in [0.1, 0.15) is 25.0 Å². The van der Waals surface area contributed by atoms with Gasteiger partial charge in [-0.05, 0) is 36.2 Å². The number of ether oxygens (including phenoxy) is 3. The van der Waals surface area contributed by atoms with Crippen LogP contribution in [0.5, 0.6) is 5.75 Å². The average Bonchev–Trinajstić information content (AvgIpc) is 2.82. The summed E-state index contributed by atoms with van der Waals surface area (Å²) in [5, 5.41) is 11.2. The van der Waals surface area contributed by atoms with E-state index in [1.165, 1.54) is 12.2 Å². The highest BCUT2D eigenvalue weighted by atomic mass is 19.1. The molecular formula is C25H27F2NO6. The Balaban J connectivity index is 2.15. The molecule has 2 N–H and O–H groups in total. The summed E-state index contributed by atoms with van der Waals surface area (Å²) < 4.78 is 42.8. The minimum atomic E-state index is -0.937. The Hall–Kier alpha value is -3.72. The second kappa shape index (κ2) is 13.7. The number of esters is 1. The van der Waals surface area contributed by atoms with Gasteiger partial charge in [-0.25, -0.2) is 18.4 Å². The zero-order chi connectivity index (χ0) is 24.9. The minimum absolute atomic E-state index is 0.0925. The Bertz CT molecular complexity index is 993. The van der Waals surface area contributed by atoms with Crippen molar-refractivity contribution in [3.8, 4) is 5.75 Å². The minimum Gasteiger partial charge on any atom is -0.491 e. The molecule has 2 rings (SSSR count). The third kappa shape index (κ3) is 8.67. The summed E-state index contributed by atoms with van der Waals surface area (Å²) in [4.78, 5) is 24.1. The van der Waals surface area contributed by atoms with Crippen LogP contribution >= 0.6 is 0 Å². The van der Waals surface area contributed by atoms with Gasteiger partial charge in [0.15, 0.2) is 0 Å². The molecule has 0 radical (unpaired) electrons. The maximum atomic E-state index is 13.9. The number of anilines is 1. The quantitative estimate of drug-likeness (QED) is 0.257. The number of amides is 1. The van der Waals surface area contributed by atoms with Crippen LogP contribution in [-0.4, -0.2) is 37.0 Å². The van der Waals surface area contributed by atoms with E-state index in [-0.39, 0.29) is 31.4 Å². The van der Waals surface area contributed by atoms with Crippen molar-refractivity contribution in [2.75, 3.05) is 25.1 Å². The first-order chi connectivity index (χ1) is 16.3. The van der Waals surface area contributed by atoms with Crippen LogP contribution in [0.3, 0.4) is 0 Å². The van der Waals surface area contributed by atoms with Gasteiger partial charge in [-0.1, -0.05) is 37.8 Å². The Labute approximate surface area is 196 Å². The summed E-state index contributed by atoms with van der Waals surface area (Å²) in [6.07, 6.45) is 2.98. The maximum Gasteiger partial charge on any atom is 0.412 e. The SMILES string of the molecule is C=CCOC(=O)/C=C/C[C@@H](C)[C@H](OC(=O)Nc1ccc(F)cc1F)c1ccc(OCCO)cc1. The van der Waals surface area contributed by atoms with E-state index in [1.807, 2.05) is 6.92 Å². The maximum absolute atomic E-state index is 13.9. The lowest BCUT2D eigenvalue weighted by molar-refractivity contribution is -0.136. The lowest BCUT2D eigenvalue weighted by atomic mass is 9.94. The highest BCUT2D eigenvalue weighted by Gasteiger charge is 2.24. The van der Waals surface area contributed by atoms with E-state index >= 15 is 0 Å². The number of hydrogen-bond donors (Lipinski definition) is 2. The Kier molecular flexibility index (Phi) is 10.7. The molecule has 0 aliphatic carbocycles. The van der Waals surface area contributed by atoms with Gasteiger partial charge in [-0.2, -0.15) is 0 Å². The Morgan fingerprint density at radius 2 is 1.91 bits per heavy atom. The van der Waals surface area contributed by atoms with Gasteiger partial charge in [-0.3, -0.25) is 5.32 Å². The number of halogens is 2. The second-order valence-electron chi connectivity index (χ2n) is 7.25. The lowest BCUT2D eigenvalue weighted by Gasteiger charge is -2.24. The van der Waals surface area contributed by atoms with E-state index in [0.717, 1.165) is 12.1 Å². The van der Waals surface area contributed by atoms with Crippen LogP contribution < -0.4 is 10.1 Å². The molecule has 1 amide bonds. The average molecular weight is 475 g/mol. The van der Waals surface area contributed by atoms with Crippen molar-refractivity contribution in [3.63, 3.8) is 0 Å². The molecule has 0 spiro atoms. The predicted molar refractivity (Wildman–Crippen MR) is 122 cm³/mol. The highest BCUT2D eigenvalue weighted by Crippen LogP contribution is 2.31. The van der Waals surface area contributed by atoms with Gasteiger partial charge in [-0.15, -0.1) is 0 Å². The van der Waals surface area contributed by atoms with Crippen LogP contribution in [0.15, 0.2) is 67.3 Å². The van der Waals surface area contributed by atoms with Crippen LogP contribution in [-0.2, 0) is 14.3 Å². The molecule has 7 nitrogen and oxygen atoms in total. The van der Waals surface area contributed by atoms with Crippen molar-refractivity contribution in [2.45, 2.75) is 19.4 Å². The van der Waals surface area contributed by atoms with E-state index in [4.69, 9.17) is 19.3 Å². The van der Waals surface area contributed by atoms with Crippen molar-refractivity contribution in [1.82, 2.24) is 0 Å². The fraction of sp³-hybridized carbons (Fsp3) is 0.280. The first kappa shape index (κ1) is 26.5. The predicted octanol–water partition coefficient (Wildman–Crippen LogP) is 4.94. The van der Waals surface area contributed by atoms with Crippen molar-refractivity contribution in [3.05, 3.63) is 84.5 Å². The van der Waals surface area contributed by atoms with Gasteiger partial charge in [0.25, 0.3) is 0 Å². The van der Waals surface area contributed by atoms with Crippen LogP contribution in [0.25, 0.3) is 0 Å². The molecule has 0 aliphatic rings. The largest absolute Gasteiger partial charge is 0.491 e. The number of rotatable bonds is 12. The molecule has 0 aliphatic heterocycles. The molecule has 0 bridgehead atoms. The summed E-state index contributed by atoms with van der Waals surface area (Å²) in [6, 6.07) is 9.47. The zero-order valence-corrected chi connectivity index (χ0v) is 18.7. The molecule has 2 aromatic carbocycles. The van der Waals surface area contributed by atoms with E-state index in [2.05, 4.69) is 11.9 Å². The number of hydrogen-bond acceptors (Lipinski definition) is 6. The molecule has 2 aromatic rings. The van der Waals surface area contributed by atoms with Crippen LogP contribution in [0, 0.1) is 17.6 Å². The van der Waals surface area contributed by atoms with Crippen molar-refractivity contribution >= 4 is 17.7 Å². The summed E-state index contributed by atoms with van der Waals surface area (Å²) in [5.74, 6) is -2.01. The molecule has 34 heavy (non-hydrogen) atoms. The lowest BCUT2D eigenvalue weighted by Crippen LogP contribution is -2.22. The number of benzene rings is 2. The van der Waals surface area contributed by atoms with Gasteiger partial charge in [0, 0.05) is 18.1 Å². The van der Waals surface area contributed by atoms with Crippen molar-refractivity contribution in [2.24, 2.45) is 5.92 Å². The monoisotopic (exact) mass is 475 g/mol. The molecule has 182 valence electrons. The summed E-state index contributed by atoms with van der Waals surface area (Å²) in [7, 11) is 0. The van der Waals surface area contributed by atoms with E-state index in [9.17, 15) is 18.4 Å². The zero-order valence-electron chi connectivity index (χ0n) is 18.7. The molecule has 0 saturated carbocycles. The van der Waals surface area contributed by atoms with Gasteiger partial charge >= 0.3 is 12.1 Å². The normalized spacial score (nSPS) is 12.6. The summed E-state index contributed by atoms with van der Waals surface area (Å²) in [5.41, 5.74) is 0.400. The van der Waals surface area contributed by atoms with Gasteiger partial charge in [0.1, 0.15) is 36.7 Å². The fourth-order valence-corrected chi connectivity index (χ4v) is 2.97. The first-order valence-corrected chi connectivity index (χ1v) is 10.5. The molecule has 2 atom stereocenters. The second-order valence-corrected chi connectivity index (χ2v) is 7.25. The standard InChI is InChI=1S/C25H27F2NO6/c1-3-14-33-23(30)6-4-5-17(2)24(18-7-10-20(11-8-18)32-15-13-29)34-25(31)28-22-12-9-19(26)16-21(22)27/h3-4,6-12,16-17,24,29H,1,5,13-15H2,2H3,(H,28,31)/b6-4+/t17-,24+/m1/s1. The number of aliphatic hydroxyl groups excluding tert-OH is 1. The van der Waals surface area contributed by atoms with Crippen LogP contribution in [0.2, 0.25) is 0 Å². The molecule has 9 heteroatoms. The smallest absolute Gasteiger partial charge is 0.412 e. The van der Waals surface area contributed by atoms with E-state index < -0.39 is 29.8 Å². The number of aliphatic hydroxyl groups is 1. The van der Waals surface area contributed by atoms with Gasteiger partial charge in [0.05, 0.1) is 12.3 Å². The topological polar surface area (TPSA) is 94.1 Å². The van der Waals surface area contributed by atoms with E-state index in [1.54, 1.807) is 30.3 Å². The third-order valence-corrected chi connectivity index (χ3v) is 4.59.